The van der Waals surface area contributed by atoms with Gasteiger partial charge in [-0.25, -0.2) is 0 Å². The first-order valence-corrected chi connectivity index (χ1v) is 11.9. The number of benzene rings is 2. The Bertz CT molecular complexity index is 948. The Morgan fingerprint density at radius 3 is 2.21 bits per heavy atom. The number of carbonyl (C=O) groups is 2. The number of methoxy groups -OCH3 is 2. The molecule has 0 aliphatic carbocycles. The maximum absolute atomic E-state index is 13.3. The molecular formula is C25H32Cl2N2O5. The minimum absolute atomic E-state index is 0.138. The first-order valence-electron chi connectivity index (χ1n) is 11.2. The van der Waals surface area contributed by atoms with Gasteiger partial charge in [-0.05, 0) is 30.5 Å². The van der Waals surface area contributed by atoms with E-state index in [1.165, 1.54) is 19.1 Å². The normalized spacial score (nSPS) is 11.5. The molecule has 7 nitrogen and oxygen atoms in total. The number of hydrogen-bond acceptors (Lipinski definition) is 5. The van der Waals surface area contributed by atoms with E-state index in [0.29, 0.717) is 45.8 Å². The summed E-state index contributed by atoms with van der Waals surface area (Å²) in [6, 6.07) is 9.41. The fourth-order valence-electron chi connectivity index (χ4n) is 3.35. The lowest BCUT2D eigenvalue weighted by atomic mass is 10.1. The van der Waals surface area contributed by atoms with Gasteiger partial charge in [0, 0.05) is 41.3 Å². The summed E-state index contributed by atoms with van der Waals surface area (Å²) < 4.78 is 16.3. The van der Waals surface area contributed by atoms with E-state index in [0.717, 1.165) is 12.8 Å². The monoisotopic (exact) mass is 510 g/mol. The number of carbonyl (C=O) groups excluding carboxylic acids is 2. The summed E-state index contributed by atoms with van der Waals surface area (Å²) in [5.41, 5.74) is 0.683. The predicted molar refractivity (Wildman–Crippen MR) is 134 cm³/mol. The first-order chi connectivity index (χ1) is 16.3. The van der Waals surface area contributed by atoms with Gasteiger partial charge in [-0.1, -0.05) is 49.5 Å². The number of hydrogen-bond donors (Lipinski definition) is 1. The third-order valence-electron chi connectivity index (χ3n) is 5.26. The molecule has 0 saturated heterocycles. The molecule has 0 bridgehead atoms. The van der Waals surface area contributed by atoms with E-state index < -0.39 is 6.04 Å². The molecule has 0 radical (unpaired) electrons. The van der Waals surface area contributed by atoms with Gasteiger partial charge in [0.1, 0.15) is 23.3 Å². The molecule has 1 atom stereocenters. The molecule has 0 aliphatic rings. The molecule has 1 N–H and O–H groups in total. The van der Waals surface area contributed by atoms with Crippen LogP contribution in [-0.2, 0) is 16.1 Å². The highest BCUT2D eigenvalue weighted by Gasteiger charge is 2.29. The van der Waals surface area contributed by atoms with Crippen LogP contribution in [0.15, 0.2) is 36.4 Å². The van der Waals surface area contributed by atoms with Crippen molar-refractivity contribution in [1.82, 2.24) is 10.2 Å². The summed E-state index contributed by atoms with van der Waals surface area (Å²) in [5, 5.41) is 3.84. The van der Waals surface area contributed by atoms with Crippen LogP contribution in [0.25, 0.3) is 0 Å². The Kier molecular flexibility index (Phi) is 11.3. The van der Waals surface area contributed by atoms with Crippen molar-refractivity contribution in [2.24, 2.45) is 0 Å². The van der Waals surface area contributed by atoms with Crippen LogP contribution in [0.3, 0.4) is 0 Å². The van der Waals surface area contributed by atoms with Gasteiger partial charge in [0.05, 0.1) is 14.2 Å². The lowest BCUT2D eigenvalue weighted by Gasteiger charge is -2.31. The highest BCUT2D eigenvalue weighted by molar-refractivity contribution is 6.35. The molecule has 34 heavy (non-hydrogen) atoms. The van der Waals surface area contributed by atoms with E-state index in [1.54, 1.807) is 36.4 Å². The second-order valence-corrected chi connectivity index (χ2v) is 8.51. The highest BCUT2D eigenvalue weighted by Crippen LogP contribution is 2.28. The lowest BCUT2D eigenvalue weighted by molar-refractivity contribution is -0.143. The van der Waals surface area contributed by atoms with Gasteiger partial charge in [-0.15, -0.1) is 0 Å². The zero-order valence-electron chi connectivity index (χ0n) is 20.0. The van der Waals surface area contributed by atoms with Crippen LogP contribution in [0.5, 0.6) is 17.2 Å². The molecule has 0 saturated carbocycles. The maximum Gasteiger partial charge on any atom is 0.261 e. The molecular weight excluding hydrogens is 479 g/mol. The van der Waals surface area contributed by atoms with Gasteiger partial charge in [0.25, 0.3) is 5.91 Å². The van der Waals surface area contributed by atoms with Gasteiger partial charge in [-0.2, -0.15) is 0 Å². The SMILES string of the molecule is CCCCNC(=O)[C@H](CC)N(Cc1ccc(Cl)cc1Cl)C(=O)COc1cc(OC)cc(OC)c1. The molecule has 2 rings (SSSR count). The van der Waals surface area contributed by atoms with Gasteiger partial charge in [-0.3, -0.25) is 9.59 Å². The van der Waals surface area contributed by atoms with E-state index >= 15 is 0 Å². The van der Waals surface area contributed by atoms with Crippen LogP contribution < -0.4 is 19.5 Å². The Hall–Kier alpha value is -2.64. The predicted octanol–water partition coefficient (Wildman–Crippen LogP) is 5.11. The largest absolute Gasteiger partial charge is 0.496 e. The van der Waals surface area contributed by atoms with E-state index in [9.17, 15) is 9.59 Å². The third kappa shape index (κ3) is 7.99. The van der Waals surface area contributed by atoms with Gasteiger partial charge < -0.3 is 24.4 Å². The van der Waals surface area contributed by atoms with Crippen LogP contribution in [0.1, 0.15) is 38.7 Å². The lowest BCUT2D eigenvalue weighted by Crippen LogP contribution is -2.50. The second kappa shape index (κ2) is 13.9. The van der Waals surface area contributed by atoms with Crippen molar-refractivity contribution in [3.63, 3.8) is 0 Å². The summed E-state index contributed by atoms with van der Waals surface area (Å²) in [7, 11) is 3.06. The van der Waals surface area contributed by atoms with E-state index in [2.05, 4.69) is 5.32 Å². The standard InChI is InChI=1S/C25H32Cl2N2O5/c1-5-7-10-28-25(31)23(6-2)29(15-17-8-9-18(26)11-22(17)27)24(30)16-34-21-13-19(32-3)12-20(14-21)33-4/h8-9,11-14,23H,5-7,10,15-16H2,1-4H3,(H,28,31)/t23-/m0/s1. The Morgan fingerprint density at radius 2 is 1.65 bits per heavy atom. The quantitative estimate of drug-likeness (QED) is 0.378. The zero-order chi connectivity index (χ0) is 25.1. The Labute approximate surface area is 211 Å². The smallest absolute Gasteiger partial charge is 0.261 e. The number of halogens is 2. The molecule has 0 fully saturated rings. The average Bonchev–Trinajstić information content (AvgIpc) is 2.83. The number of nitrogens with one attached hydrogen (secondary N) is 1. The number of nitrogens with zero attached hydrogens (tertiary/aromatic N) is 1. The number of rotatable bonds is 13. The fourth-order valence-corrected chi connectivity index (χ4v) is 3.82. The number of ether oxygens (including phenoxy) is 3. The maximum atomic E-state index is 13.3. The van der Waals surface area contributed by atoms with E-state index in [1.807, 2.05) is 13.8 Å². The summed E-state index contributed by atoms with van der Waals surface area (Å²) in [5.74, 6) is 0.916. The van der Waals surface area contributed by atoms with Crippen molar-refractivity contribution in [1.29, 1.82) is 0 Å². The summed E-state index contributed by atoms with van der Waals surface area (Å²) in [6.45, 7) is 4.32. The van der Waals surface area contributed by atoms with Crippen LogP contribution >= 0.6 is 23.2 Å². The molecule has 0 aliphatic heterocycles. The van der Waals surface area contributed by atoms with Crippen LogP contribution in [0.4, 0.5) is 0 Å². The minimum atomic E-state index is -0.681. The van der Waals surface area contributed by atoms with Crippen molar-refractivity contribution in [3.05, 3.63) is 52.0 Å². The first kappa shape index (κ1) is 27.6. The van der Waals surface area contributed by atoms with Crippen molar-refractivity contribution in [2.75, 3.05) is 27.4 Å². The van der Waals surface area contributed by atoms with Crippen LogP contribution in [-0.4, -0.2) is 50.1 Å². The van der Waals surface area contributed by atoms with Crippen LogP contribution in [0.2, 0.25) is 10.0 Å². The van der Waals surface area contributed by atoms with Crippen molar-refractivity contribution in [3.8, 4) is 17.2 Å². The van der Waals surface area contributed by atoms with Gasteiger partial charge >= 0.3 is 0 Å². The number of unbranched alkanes of at least 4 members (excludes halogenated alkanes) is 1. The van der Waals surface area contributed by atoms with Crippen molar-refractivity contribution in [2.45, 2.75) is 45.7 Å². The average molecular weight is 511 g/mol. The molecule has 186 valence electrons. The summed E-state index contributed by atoms with van der Waals surface area (Å²) >= 11 is 12.4. The molecule has 0 unspecified atom stereocenters. The van der Waals surface area contributed by atoms with Crippen molar-refractivity contribution < 1.29 is 23.8 Å². The topological polar surface area (TPSA) is 77.1 Å². The van der Waals surface area contributed by atoms with Gasteiger partial charge in [0.15, 0.2) is 6.61 Å². The second-order valence-electron chi connectivity index (χ2n) is 7.66. The van der Waals surface area contributed by atoms with E-state index in [4.69, 9.17) is 37.4 Å². The molecule has 0 heterocycles. The highest BCUT2D eigenvalue weighted by atomic mass is 35.5. The molecule has 2 amide bonds. The summed E-state index contributed by atoms with van der Waals surface area (Å²) in [4.78, 5) is 27.8. The Balaban J connectivity index is 2.26. The summed E-state index contributed by atoms with van der Waals surface area (Å²) in [6.07, 6.45) is 2.25. The molecule has 2 aromatic carbocycles. The number of amides is 2. The molecule has 0 spiro atoms. The zero-order valence-corrected chi connectivity index (χ0v) is 21.5. The fraction of sp³-hybridized carbons (Fsp3) is 0.440. The van der Waals surface area contributed by atoms with Gasteiger partial charge in [0.2, 0.25) is 5.91 Å². The molecule has 2 aromatic rings. The Morgan fingerprint density at radius 1 is 1.00 bits per heavy atom. The van der Waals surface area contributed by atoms with Crippen molar-refractivity contribution >= 4 is 35.0 Å². The van der Waals surface area contributed by atoms with E-state index in [-0.39, 0.29) is 25.0 Å². The van der Waals surface area contributed by atoms with Crippen LogP contribution in [0, 0.1) is 0 Å². The minimum Gasteiger partial charge on any atom is -0.496 e. The third-order valence-corrected chi connectivity index (χ3v) is 5.85. The molecule has 0 aromatic heterocycles. The molecule has 9 heteroatoms.